The first-order valence-electron chi connectivity index (χ1n) is 9.99. The highest BCUT2D eigenvalue weighted by Gasteiger charge is 2.40. The lowest BCUT2D eigenvalue weighted by Crippen LogP contribution is -2.34. The van der Waals surface area contributed by atoms with Crippen LogP contribution in [0.1, 0.15) is 46.2 Å². The monoisotopic (exact) mass is 511 g/mol. The number of allylic oxidation sites excluding steroid dienone is 1. The van der Waals surface area contributed by atoms with Gasteiger partial charge in [0.05, 0.1) is 17.0 Å². The molecule has 1 N–H and O–H groups in total. The van der Waals surface area contributed by atoms with Gasteiger partial charge in [0.2, 0.25) is 5.91 Å². The van der Waals surface area contributed by atoms with Crippen molar-refractivity contribution >= 4 is 23.6 Å². The van der Waals surface area contributed by atoms with Gasteiger partial charge in [-0.15, -0.1) is 0 Å². The molecule has 0 saturated heterocycles. The number of benzene rings is 2. The van der Waals surface area contributed by atoms with Crippen molar-refractivity contribution in [3.63, 3.8) is 0 Å². The Labute approximate surface area is 194 Å². The van der Waals surface area contributed by atoms with Crippen molar-refractivity contribution in [3.05, 3.63) is 75.1 Å². The minimum Gasteiger partial charge on any atom is -0.346 e. The molecule has 0 heterocycles. The van der Waals surface area contributed by atoms with Gasteiger partial charge in [0.1, 0.15) is 18.4 Å². The summed E-state index contributed by atoms with van der Waals surface area (Å²) in [7, 11) is 0. The molecule has 1 aliphatic rings. The van der Waals surface area contributed by atoms with Crippen LogP contribution in [0.15, 0.2) is 36.4 Å². The molecule has 3 unspecified atom stereocenters. The van der Waals surface area contributed by atoms with Gasteiger partial charge in [0.25, 0.3) is 0 Å². The van der Waals surface area contributed by atoms with E-state index in [1.165, 1.54) is 25.1 Å². The van der Waals surface area contributed by atoms with E-state index in [1.54, 1.807) is 0 Å². The van der Waals surface area contributed by atoms with E-state index < -0.39 is 53.7 Å². The molecule has 3 atom stereocenters. The summed E-state index contributed by atoms with van der Waals surface area (Å²) in [5.41, 5.74) is 0.595. The van der Waals surface area contributed by atoms with Gasteiger partial charge in [-0.3, -0.25) is 4.79 Å². The predicted octanol–water partition coefficient (Wildman–Crippen LogP) is 7.15. The van der Waals surface area contributed by atoms with Gasteiger partial charge >= 0.3 is 12.4 Å². The fourth-order valence-electron chi connectivity index (χ4n) is 3.86. The molecule has 0 saturated carbocycles. The highest BCUT2D eigenvalue weighted by Crippen LogP contribution is 2.39. The van der Waals surface area contributed by atoms with Crippen LogP contribution in [0.5, 0.6) is 0 Å². The van der Waals surface area contributed by atoms with Crippen molar-refractivity contribution in [2.24, 2.45) is 0 Å². The fraction of sp³-hybridized carbons (Fsp3) is 0.348. The second kappa shape index (κ2) is 9.56. The van der Waals surface area contributed by atoms with Crippen LogP contribution < -0.4 is 5.32 Å². The summed E-state index contributed by atoms with van der Waals surface area (Å²) in [4.78, 5) is 11.6. The van der Waals surface area contributed by atoms with Gasteiger partial charge in [-0.05, 0) is 40.8 Å². The number of carbonyl (C=O) groups is 1. The molecule has 0 bridgehead atoms. The normalized spacial score (nSPS) is 19.4. The Hall–Kier alpha value is -2.62. The Morgan fingerprint density at radius 1 is 1.18 bits per heavy atom. The molecule has 0 aliphatic heterocycles. The third-order valence-electron chi connectivity index (χ3n) is 5.38. The number of carbonyl (C=O) groups excluding carboxylic acids is 1. The summed E-state index contributed by atoms with van der Waals surface area (Å²) in [6.45, 7) is 1.29. The summed E-state index contributed by atoms with van der Waals surface area (Å²) >= 11 is 5.70. The SMILES string of the molecule is Cc1cc(C(/C=C/c2ccc3c(c2)CC(F)C3NC(=O)CC(F)(F)F)C(F)(F)F)cc(Cl)c1F. The molecule has 11 heteroatoms. The topological polar surface area (TPSA) is 29.1 Å². The molecule has 2 nitrogen and oxygen atoms in total. The quantitative estimate of drug-likeness (QED) is 0.424. The first-order valence-corrected chi connectivity index (χ1v) is 10.4. The lowest BCUT2D eigenvalue weighted by Gasteiger charge is -2.19. The summed E-state index contributed by atoms with van der Waals surface area (Å²) in [6.07, 6.45) is -11.1. The van der Waals surface area contributed by atoms with E-state index in [2.05, 4.69) is 0 Å². The van der Waals surface area contributed by atoms with Crippen LogP contribution in [0.25, 0.3) is 6.08 Å². The Bertz CT molecular complexity index is 1090. The largest absolute Gasteiger partial charge is 0.399 e. The molecule has 34 heavy (non-hydrogen) atoms. The number of hydrogen-bond donors (Lipinski definition) is 1. The van der Waals surface area contributed by atoms with Crippen molar-refractivity contribution in [3.8, 4) is 0 Å². The Morgan fingerprint density at radius 3 is 2.44 bits per heavy atom. The highest BCUT2D eigenvalue weighted by atomic mass is 35.5. The van der Waals surface area contributed by atoms with Gasteiger partial charge in [0.15, 0.2) is 0 Å². The van der Waals surface area contributed by atoms with Gasteiger partial charge in [-0.25, -0.2) is 8.78 Å². The third kappa shape index (κ3) is 6.08. The number of aryl methyl sites for hydroxylation is 1. The van der Waals surface area contributed by atoms with Crippen LogP contribution in [-0.2, 0) is 11.2 Å². The van der Waals surface area contributed by atoms with Crippen LogP contribution >= 0.6 is 11.6 Å². The standard InChI is InChI=1S/C23H18ClF8NO/c1-11-6-14(8-17(24)20(11)26)16(23(30,31)32)5-3-12-2-4-15-13(7-12)9-18(25)21(15)33-19(34)10-22(27,28)29/h2-8,16,18,21H,9-10H2,1H3,(H,33,34)/b5-3+. The molecule has 0 spiro atoms. The summed E-state index contributed by atoms with van der Waals surface area (Å²) in [5.74, 6) is -4.29. The zero-order valence-corrected chi connectivity index (χ0v) is 18.3. The van der Waals surface area contributed by atoms with Crippen molar-refractivity contribution < 1.29 is 39.9 Å². The average molecular weight is 512 g/mol. The van der Waals surface area contributed by atoms with E-state index in [0.717, 1.165) is 24.3 Å². The number of amides is 1. The number of nitrogens with one attached hydrogen (secondary N) is 1. The van der Waals surface area contributed by atoms with Crippen LogP contribution in [-0.4, -0.2) is 24.4 Å². The fourth-order valence-corrected chi connectivity index (χ4v) is 4.13. The van der Waals surface area contributed by atoms with Gasteiger partial charge < -0.3 is 5.32 Å². The number of rotatable bonds is 5. The smallest absolute Gasteiger partial charge is 0.346 e. The molecule has 0 fully saturated rings. The van der Waals surface area contributed by atoms with E-state index in [1.807, 2.05) is 5.32 Å². The molecule has 184 valence electrons. The van der Waals surface area contributed by atoms with E-state index >= 15 is 0 Å². The summed E-state index contributed by atoms with van der Waals surface area (Å²) in [6, 6.07) is 4.80. The molecule has 3 rings (SSSR count). The molecular formula is C23H18ClF8NO. The third-order valence-corrected chi connectivity index (χ3v) is 5.66. The second-order valence-corrected chi connectivity index (χ2v) is 8.43. The molecule has 1 amide bonds. The first kappa shape index (κ1) is 26.0. The lowest BCUT2D eigenvalue weighted by molar-refractivity contribution is -0.154. The van der Waals surface area contributed by atoms with E-state index in [4.69, 9.17) is 11.6 Å². The number of fused-ring (bicyclic) bond motifs is 1. The maximum absolute atomic E-state index is 14.4. The number of alkyl halides is 7. The molecule has 2 aromatic rings. The Morgan fingerprint density at radius 2 is 1.85 bits per heavy atom. The van der Waals surface area contributed by atoms with E-state index in [9.17, 15) is 39.9 Å². The molecule has 1 aliphatic carbocycles. The van der Waals surface area contributed by atoms with Crippen LogP contribution in [0.2, 0.25) is 5.02 Å². The van der Waals surface area contributed by atoms with Crippen LogP contribution in [0.4, 0.5) is 35.1 Å². The van der Waals surface area contributed by atoms with E-state index in [0.29, 0.717) is 5.56 Å². The molecule has 0 aromatic heterocycles. The van der Waals surface area contributed by atoms with Gasteiger partial charge in [-0.2, -0.15) is 26.3 Å². The predicted molar refractivity (Wildman–Crippen MR) is 111 cm³/mol. The summed E-state index contributed by atoms with van der Waals surface area (Å²) < 4.78 is 106. The van der Waals surface area contributed by atoms with Gasteiger partial charge in [0, 0.05) is 6.42 Å². The number of hydrogen-bond acceptors (Lipinski definition) is 1. The summed E-state index contributed by atoms with van der Waals surface area (Å²) in [5, 5.41) is 1.58. The lowest BCUT2D eigenvalue weighted by atomic mass is 9.95. The minimum absolute atomic E-state index is 0.0460. The van der Waals surface area contributed by atoms with Crippen LogP contribution in [0.3, 0.4) is 0 Å². The maximum Gasteiger partial charge on any atom is 0.399 e. The van der Waals surface area contributed by atoms with Gasteiger partial charge in [-0.1, -0.05) is 48.0 Å². The maximum atomic E-state index is 14.4. The van der Waals surface area contributed by atoms with E-state index in [-0.39, 0.29) is 28.7 Å². The molecule has 0 radical (unpaired) electrons. The number of halogens is 9. The Balaban J connectivity index is 1.84. The minimum atomic E-state index is -4.74. The Kier molecular flexibility index (Phi) is 7.31. The van der Waals surface area contributed by atoms with Crippen molar-refractivity contribution in [1.29, 1.82) is 0 Å². The van der Waals surface area contributed by atoms with Crippen molar-refractivity contribution in [2.45, 2.75) is 50.2 Å². The first-order chi connectivity index (χ1) is 15.7. The molecule has 2 aromatic carbocycles. The second-order valence-electron chi connectivity index (χ2n) is 8.03. The molecular weight excluding hydrogens is 494 g/mol. The van der Waals surface area contributed by atoms with Crippen LogP contribution in [0, 0.1) is 12.7 Å². The zero-order valence-electron chi connectivity index (χ0n) is 17.5. The van der Waals surface area contributed by atoms with Crippen molar-refractivity contribution in [1.82, 2.24) is 5.32 Å². The highest BCUT2D eigenvalue weighted by molar-refractivity contribution is 6.30. The zero-order chi connectivity index (χ0) is 25.4. The van der Waals surface area contributed by atoms with Crippen molar-refractivity contribution in [2.75, 3.05) is 0 Å². The average Bonchev–Trinajstić information content (AvgIpc) is 2.98.